The lowest BCUT2D eigenvalue weighted by molar-refractivity contribution is 0.104. The van der Waals surface area contributed by atoms with Crippen molar-refractivity contribution in [2.45, 2.75) is 40.5 Å². The number of benzene rings is 1. The first kappa shape index (κ1) is 19.9. The number of carbonyl (C=O) groups excluding carboxylic acids is 1. The summed E-state index contributed by atoms with van der Waals surface area (Å²) >= 11 is 7.73. The molecule has 0 atom stereocenters. The van der Waals surface area contributed by atoms with E-state index in [0.29, 0.717) is 16.3 Å². The van der Waals surface area contributed by atoms with Crippen LogP contribution in [-0.2, 0) is 0 Å². The van der Waals surface area contributed by atoms with E-state index in [4.69, 9.17) is 16.3 Å². The molecular formula is C20H26ClNO2S. The lowest BCUT2D eigenvalue weighted by Gasteiger charge is -2.17. The van der Waals surface area contributed by atoms with Gasteiger partial charge in [-0.3, -0.25) is 4.79 Å². The Bertz CT molecular complexity index is 704. The van der Waals surface area contributed by atoms with Gasteiger partial charge in [0.05, 0.1) is 17.7 Å². The Balaban J connectivity index is 2.32. The van der Waals surface area contributed by atoms with Crippen LogP contribution < -0.4 is 4.74 Å². The number of rotatable bonds is 6. The summed E-state index contributed by atoms with van der Waals surface area (Å²) < 4.78 is 5.31. The zero-order chi connectivity index (χ0) is 18.6. The largest absolute Gasteiger partial charge is 0.496 e. The summed E-state index contributed by atoms with van der Waals surface area (Å²) in [5.41, 5.74) is 0.546. The van der Waals surface area contributed by atoms with Crippen LogP contribution in [0, 0.1) is 5.41 Å². The van der Waals surface area contributed by atoms with Crippen LogP contribution in [0.25, 0.3) is 0 Å². The van der Waals surface area contributed by atoms with E-state index in [1.165, 1.54) is 4.91 Å². The molecule has 0 unspecified atom stereocenters. The summed E-state index contributed by atoms with van der Waals surface area (Å²) in [5.74, 6) is 0.449. The number of nitrogens with zero attached hydrogens (tertiary/aromatic N) is 1. The summed E-state index contributed by atoms with van der Waals surface area (Å²) in [5, 5.41) is 1.49. The zero-order valence-corrected chi connectivity index (χ0v) is 17.1. The number of allylic oxidation sites excluding steroid dienone is 2. The minimum Gasteiger partial charge on any atom is -0.496 e. The molecule has 0 spiro atoms. The van der Waals surface area contributed by atoms with Crippen LogP contribution in [0.5, 0.6) is 5.75 Å². The number of hydrogen-bond acceptors (Lipinski definition) is 4. The Kier molecular flexibility index (Phi) is 6.64. The van der Waals surface area contributed by atoms with Crippen molar-refractivity contribution in [3.8, 4) is 5.75 Å². The lowest BCUT2D eigenvalue weighted by atomic mass is 9.96. The van der Waals surface area contributed by atoms with E-state index in [-0.39, 0.29) is 11.2 Å². The van der Waals surface area contributed by atoms with E-state index in [9.17, 15) is 4.79 Å². The molecule has 0 saturated carbocycles. The molecular weight excluding hydrogens is 354 g/mol. The number of unbranched alkanes of at least 4 members (excludes halogenated alkanes) is 1. The number of methoxy groups -OCH3 is 1. The summed E-state index contributed by atoms with van der Waals surface area (Å²) in [6, 6.07) is 5.11. The Morgan fingerprint density at radius 3 is 2.68 bits per heavy atom. The second kappa shape index (κ2) is 8.33. The van der Waals surface area contributed by atoms with Crippen LogP contribution in [0.1, 0.15) is 50.9 Å². The molecule has 0 bridgehead atoms. The molecule has 0 N–H and O–H groups in total. The maximum atomic E-state index is 12.8. The first-order valence-corrected chi connectivity index (χ1v) is 9.72. The standard InChI is InChI=1S/C20H26ClNO2S/c1-6-7-10-22-13-18(20(2,3)4)25-19(22)12-16(23)15-11-14(21)8-9-17(15)24-5/h8-9,11-13H,6-7,10H2,1-5H3/b19-12-. The van der Waals surface area contributed by atoms with Crippen LogP contribution in [0.3, 0.4) is 0 Å². The Morgan fingerprint density at radius 2 is 2.08 bits per heavy atom. The number of thioether (sulfide) groups is 1. The number of ketones is 1. The van der Waals surface area contributed by atoms with Crippen molar-refractivity contribution in [3.63, 3.8) is 0 Å². The van der Waals surface area contributed by atoms with Gasteiger partial charge in [-0.25, -0.2) is 0 Å². The number of halogens is 1. The predicted octanol–water partition coefficient (Wildman–Crippen LogP) is 6.11. The van der Waals surface area contributed by atoms with E-state index >= 15 is 0 Å². The molecule has 1 aliphatic rings. The maximum absolute atomic E-state index is 12.8. The molecule has 1 aromatic rings. The highest BCUT2D eigenvalue weighted by Gasteiger charge is 2.28. The molecule has 0 radical (unpaired) electrons. The first-order valence-electron chi connectivity index (χ1n) is 8.52. The van der Waals surface area contributed by atoms with E-state index in [2.05, 4.69) is 38.8 Å². The van der Waals surface area contributed by atoms with Crippen molar-refractivity contribution in [2.24, 2.45) is 5.41 Å². The van der Waals surface area contributed by atoms with E-state index in [1.54, 1.807) is 43.1 Å². The molecule has 0 aromatic heterocycles. The Hall–Kier alpha value is -1.39. The molecule has 136 valence electrons. The monoisotopic (exact) mass is 379 g/mol. The Morgan fingerprint density at radius 1 is 1.36 bits per heavy atom. The molecule has 0 fully saturated rings. The van der Waals surface area contributed by atoms with Crippen molar-refractivity contribution in [3.05, 3.63) is 51.0 Å². The molecule has 0 amide bonds. The van der Waals surface area contributed by atoms with Gasteiger partial charge in [-0.15, -0.1) is 0 Å². The van der Waals surface area contributed by atoms with Crippen LogP contribution in [0.2, 0.25) is 5.02 Å². The molecule has 1 heterocycles. The van der Waals surface area contributed by atoms with Gasteiger partial charge in [0.2, 0.25) is 0 Å². The molecule has 0 aliphatic carbocycles. The molecule has 0 saturated heterocycles. The third-order valence-corrected chi connectivity index (χ3v) is 5.68. The fourth-order valence-electron chi connectivity index (χ4n) is 2.43. The zero-order valence-electron chi connectivity index (χ0n) is 15.6. The third kappa shape index (κ3) is 5.05. The molecule has 3 nitrogen and oxygen atoms in total. The topological polar surface area (TPSA) is 29.5 Å². The molecule has 1 aliphatic heterocycles. The minimum absolute atomic E-state index is 0.0571. The summed E-state index contributed by atoms with van der Waals surface area (Å²) in [6.07, 6.45) is 6.07. The van der Waals surface area contributed by atoms with Gasteiger partial charge in [-0.2, -0.15) is 0 Å². The fourth-order valence-corrected chi connectivity index (χ4v) is 3.74. The number of ether oxygens (including phenoxy) is 1. The fraction of sp³-hybridized carbons (Fsp3) is 0.450. The van der Waals surface area contributed by atoms with Crippen LogP contribution in [0.4, 0.5) is 0 Å². The van der Waals surface area contributed by atoms with Crippen molar-refractivity contribution in [2.75, 3.05) is 13.7 Å². The lowest BCUT2D eigenvalue weighted by Crippen LogP contribution is -2.14. The first-order chi connectivity index (χ1) is 11.8. The molecule has 2 rings (SSSR count). The van der Waals surface area contributed by atoms with Gasteiger partial charge in [0.1, 0.15) is 5.75 Å². The summed E-state index contributed by atoms with van der Waals surface area (Å²) in [6.45, 7) is 9.65. The van der Waals surface area contributed by atoms with Crippen molar-refractivity contribution >= 4 is 29.1 Å². The highest BCUT2D eigenvalue weighted by atomic mass is 35.5. The second-order valence-corrected chi connectivity index (χ2v) is 8.58. The molecule has 5 heteroatoms. The van der Waals surface area contributed by atoms with Gasteiger partial charge in [0.15, 0.2) is 5.78 Å². The summed E-state index contributed by atoms with van der Waals surface area (Å²) in [4.78, 5) is 16.3. The minimum atomic E-state index is -0.0908. The second-order valence-electron chi connectivity index (χ2n) is 7.08. The van der Waals surface area contributed by atoms with Crippen molar-refractivity contribution in [1.82, 2.24) is 4.90 Å². The third-order valence-electron chi connectivity index (χ3n) is 3.94. The van der Waals surface area contributed by atoms with Gasteiger partial charge >= 0.3 is 0 Å². The van der Waals surface area contributed by atoms with E-state index in [1.807, 2.05) is 0 Å². The van der Waals surface area contributed by atoms with Gasteiger partial charge in [0.25, 0.3) is 0 Å². The average molecular weight is 380 g/mol. The predicted molar refractivity (Wildman–Crippen MR) is 107 cm³/mol. The average Bonchev–Trinajstić information content (AvgIpc) is 2.95. The van der Waals surface area contributed by atoms with Crippen molar-refractivity contribution < 1.29 is 9.53 Å². The van der Waals surface area contributed by atoms with Crippen LogP contribution >= 0.6 is 23.4 Å². The van der Waals surface area contributed by atoms with Gasteiger partial charge in [-0.1, -0.05) is 57.5 Å². The van der Waals surface area contributed by atoms with Gasteiger partial charge in [0, 0.05) is 28.7 Å². The molecule has 1 aromatic carbocycles. The maximum Gasteiger partial charge on any atom is 0.192 e. The molecule has 25 heavy (non-hydrogen) atoms. The van der Waals surface area contributed by atoms with E-state index < -0.39 is 0 Å². The van der Waals surface area contributed by atoms with Gasteiger partial charge < -0.3 is 9.64 Å². The highest BCUT2D eigenvalue weighted by molar-refractivity contribution is 8.07. The number of carbonyl (C=O) groups is 1. The van der Waals surface area contributed by atoms with Crippen LogP contribution in [-0.4, -0.2) is 24.3 Å². The van der Waals surface area contributed by atoms with E-state index in [0.717, 1.165) is 24.4 Å². The smallest absolute Gasteiger partial charge is 0.192 e. The normalized spacial score (nSPS) is 16.3. The quantitative estimate of drug-likeness (QED) is 0.440. The SMILES string of the molecule is CCCCN1C=C(C(C)(C)C)S/C1=C\C(=O)c1cc(Cl)ccc1OC. The van der Waals surface area contributed by atoms with Crippen molar-refractivity contribution in [1.29, 1.82) is 0 Å². The summed E-state index contributed by atoms with van der Waals surface area (Å²) in [7, 11) is 1.56. The highest BCUT2D eigenvalue weighted by Crippen LogP contribution is 2.45. The van der Waals surface area contributed by atoms with Crippen LogP contribution in [0.15, 0.2) is 40.4 Å². The van der Waals surface area contributed by atoms with Gasteiger partial charge in [-0.05, 0) is 30.0 Å². The Labute approximate surface area is 160 Å². The number of hydrogen-bond donors (Lipinski definition) is 0.